The van der Waals surface area contributed by atoms with Crippen LogP contribution in [0.1, 0.15) is 15.4 Å². The Kier molecular flexibility index (Phi) is 5.86. The number of ether oxygens (including phenoxy) is 4. The van der Waals surface area contributed by atoms with Crippen LogP contribution in [0.3, 0.4) is 0 Å². The fourth-order valence-electron chi connectivity index (χ4n) is 2.94. The fraction of sp³-hybridized carbons (Fsp3) is 0.286. The van der Waals surface area contributed by atoms with Gasteiger partial charge >= 0.3 is 0 Å². The molecule has 0 aliphatic rings. The lowest BCUT2D eigenvalue weighted by Gasteiger charge is -2.09. The van der Waals surface area contributed by atoms with E-state index in [2.05, 4.69) is 6.92 Å². The number of benzene rings is 2. The predicted octanol–water partition coefficient (Wildman–Crippen LogP) is 4.74. The maximum absolute atomic E-state index is 5.41. The minimum Gasteiger partial charge on any atom is -0.493 e. The molecule has 0 N–H and O–H groups in total. The number of thiazole rings is 1. The monoisotopic (exact) mass is 385 g/mol. The molecule has 0 bridgehead atoms. The molecule has 1 aromatic heterocycles. The van der Waals surface area contributed by atoms with Crippen molar-refractivity contribution < 1.29 is 18.9 Å². The Morgan fingerprint density at radius 3 is 2.00 bits per heavy atom. The summed E-state index contributed by atoms with van der Waals surface area (Å²) in [6.45, 7) is 2.09. The molecule has 0 saturated carbocycles. The Morgan fingerprint density at radius 2 is 1.37 bits per heavy atom. The minimum absolute atomic E-state index is 0.698. The molecule has 27 heavy (non-hydrogen) atoms. The Hall–Kier alpha value is -2.73. The molecule has 0 fully saturated rings. The van der Waals surface area contributed by atoms with E-state index < -0.39 is 0 Å². The molecule has 1 heterocycles. The normalized spacial score (nSPS) is 10.6. The van der Waals surface area contributed by atoms with Gasteiger partial charge in [0.2, 0.25) is 0 Å². The van der Waals surface area contributed by atoms with Gasteiger partial charge in [0.1, 0.15) is 0 Å². The molecule has 5 nitrogen and oxygen atoms in total. The summed E-state index contributed by atoms with van der Waals surface area (Å²) in [7, 11) is 6.55. The van der Waals surface area contributed by atoms with Crippen LogP contribution in [-0.2, 0) is 6.42 Å². The summed E-state index contributed by atoms with van der Waals surface area (Å²) in [5.41, 5.74) is 3.11. The van der Waals surface area contributed by atoms with Gasteiger partial charge in [0, 0.05) is 16.9 Å². The molecule has 0 amide bonds. The fourth-order valence-corrected chi connectivity index (χ4v) is 3.93. The quantitative estimate of drug-likeness (QED) is 0.588. The van der Waals surface area contributed by atoms with E-state index >= 15 is 0 Å². The van der Waals surface area contributed by atoms with Crippen LogP contribution in [0.15, 0.2) is 36.4 Å². The van der Waals surface area contributed by atoms with E-state index in [4.69, 9.17) is 23.9 Å². The van der Waals surface area contributed by atoms with E-state index in [1.807, 2.05) is 36.4 Å². The van der Waals surface area contributed by atoms with Gasteiger partial charge in [0.05, 0.1) is 39.1 Å². The highest BCUT2D eigenvalue weighted by Crippen LogP contribution is 2.35. The second kappa shape index (κ2) is 8.31. The molecule has 0 saturated heterocycles. The van der Waals surface area contributed by atoms with Gasteiger partial charge in [-0.05, 0) is 42.8 Å². The number of rotatable bonds is 7. The van der Waals surface area contributed by atoms with Gasteiger partial charge in [0.15, 0.2) is 23.0 Å². The van der Waals surface area contributed by atoms with Crippen LogP contribution < -0.4 is 18.9 Å². The van der Waals surface area contributed by atoms with Gasteiger partial charge in [-0.25, -0.2) is 4.98 Å². The molecular weight excluding hydrogens is 362 g/mol. The first-order valence-electron chi connectivity index (χ1n) is 8.49. The summed E-state index contributed by atoms with van der Waals surface area (Å²) in [6, 6.07) is 11.8. The van der Waals surface area contributed by atoms with Gasteiger partial charge in [-0.3, -0.25) is 0 Å². The van der Waals surface area contributed by atoms with Crippen molar-refractivity contribution in [2.45, 2.75) is 13.3 Å². The highest BCUT2D eigenvalue weighted by molar-refractivity contribution is 7.12. The van der Waals surface area contributed by atoms with E-state index in [1.165, 1.54) is 0 Å². The van der Waals surface area contributed by atoms with Crippen LogP contribution in [0.2, 0.25) is 0 Å². The third kappa shape index (κ3) is 4.01. The van der Waals surface area contributed by atoms with Crippen LogP contribution in [0.4, 0.5) is 0 Å². The molecule has 0 radical (unpaired) electrons. The maximum atomic E-state index is 5.41. The molecule has 3 rings (SSSR count). The highest BCUT2D eigenvalue weighted by Gasteiger charge is 2.14. The molecule has 0 unspecified atom stereocenters. The number of aryl methyl sites for hydroxylation is 1. The summed E-state index contributed by atoms with van der Waals surface area (Å²) in [5, 5.41) is 1.05. The van der Waals surface area contributed by atoms with Crippen molar-refractivity contribution in [1.29, 1.82) is 0 Å². The molecule has 6 heteroatoms. The third-order valence-corrected chi connectivity index (χ3v) is 5.27. The molecule has 0 atom stereocenters. The average molecular weight is 385 g/mol. The zero-order valence-electron chi connectivity index (χ0n) is 16.2. The first-order valence-corrected chi connectivity index (χ1v) is 9.30. The van der Waals surface area contributed by atoms with Crippen molar-refractivity contribution in [3.05, 3.63) is 51.8 Å². The number of aromatic nitrogens is 1. The van der Waals surface area contributed by atoms with Crippen molar-refractivity contribution in [3.63, 3.8) is 0 Å². The van der Waals surface area contributed by atoms with Crippen molar-refractivity contribution in [2.24, 2.45) is 0 Å². The highest BCUT2D eigenvalue weighted by atomic mass is 32.1. The van der Waals surface area contributed by atoms with Crippen LogP contribution in [0.25, 0.3) is 11.3 Å². The molecule has 142 valence electrons. The van der Waals surface area contributed by atoms with Gasteiger partial charge < -0.3 is 18.9 Å². The zero-order valence-corrected chi connectivity index (χ0v) is 17.0. The lowest BCUT2D eigenvalue weighted by atomic mass is 10.1. The van der Waals surface area contributed by atoms with Crippen molar-refractivity contribution in [1.82, 2.24) is 4.98 Å². The third-order valence-electron chi connectivity index (χ3n) is 4.30. The number of hydrogen-bond donors (Lipinski definition) is 0. The molecule has 0 spiro atoms. The first kappa shape index (κ1) is 19.0. The van der Waals surface area contributed by atoms with Crippen molar-refractivity contribution in [3.8, 4) is 34.3 Å². The summed E-state index contributed by atoms with van der Waals surface area (Å²) in [4.78, 5) is 6.02. The van der Waals surface area contributed by atoms with Gasteiger partial charge in [-0.2, -0.15) is 0 Å². The lowest BCUT2D eigenvalue weighted by molar-refractivity contribution is 0.354. The van der Waals surface area contributed by atoms with Gasteiger partial charge in [-0.1, -0.05) is 6.07 Å². The summed E-state index contributed by atoms with van der Waals surface area (Å²) in [6.07, 6.45) is 0.735. The zero-order chi connectivity index (χ0) is 19.4. The number of hydrogen-bond acceptors (Lipinski definition) is 6. The Bertz CT molecular complexity index is 936. The predicted molar refractivity (Wildman–Crippen MR) is 108 cm³/mol. The topological polar surface area (TPSA) is 49.8 Å². The summed E-state index contributed by atoms with van der Waals surface area (Å²) < 4.78 is 21.4. The second-order valence-corrected chi connectivity index (χ2v) is 7.24. The van der Waals surface area contributed by atoms with E-state index in [0.717, 1.165) is 44.6 Å². The Labute approximate surface area is 163 Å². The Morgan fingerprint density at radius 1 is 0.778 bits per heavy atom. The Balaban J connectivity index is 1.89. The summed E-state index contributed by atoms with van der Waals surface area (Å²) >= 11 is 1.70. The SMILES string of the molecule is COc1ccc(Cc2nc(-c3ccc(OC)c(OC)c3)c(C)s2)cc1OC. The number of nitrogens with zero attached hydrogens (tertiary/aromatic N) is 1. The van der Waals surface area contributed by atoms with Crippen molar-refractivity contribution >= 4 is 11.3 Å². The van der Waals surface area contributed by atoms with Crippen LogP contribution in [0.5, 0.6) is 23.0 Å². The smallest absolute Gasteiger partial charge is 0.161 e. The minimum atomic E-state index is 0.698. The number of methoxy groups -OCH3 is 4. The maximum Gasteiger partial charge on any atom is 0.161 e. The molecular formula is C21H23NO4S. The van der Waals surface area contributed by atoms with Crippen molar-refractivity contribution in [2.75, 3.05) is 28.4 Å². The molecule has 3 aromatic rings. The largest absolute Gasteiger partial charge is 0.493 e. The molecule has 2 aromatic carbocycles. The first-order chi connectivity index (χ1) is 13.1. The van der Waals surface area contributed by atoms with Crippen LogP contribution in [0, 0.1) is 6.92 Å². The van der Waals surface area contributed by atoms with E-state index in [1.54, 1.807) is 39.8 Å². The standard InChI is InChI=1S/C21H23NO4S/c1-13-21(15-7-9-17(24-3)19(12-15)26-5)22-20(27-13)11-14-6-8-16(23-2)18(10-14)25-4/h6-10,12H,11H2,1-5H3. The van der Waals surface area contributed by atoms with Crippen LogP contribution in [-0.4, -0.2) is 33.4 Å². The molecule has 0 aliphatic heterocycles. The average Bonchev–Trinajstić information content (AvgIpc) is 3.07. The van der Waals surface area contributed by atoms with Gasteiger partial charge in [-0.15, -0.1) is 11.3 Å². The summed E-state index contributed by atoms with van der Waals surface area (Å²) in [5.74, 6) is 2.86. The van der Waals surface area contributed by atoms with E-state index in [9.17, 15) is 0 Å². The van der Waals surface area contributed by atoms with E-state index in [0.29, 0.717) is 11.5 Å². The van der Waals surface area contributed by atoms with E-state index in [-0.39, 0.29) is 0 Å². The molecule has 0 aliphatic carbocycles. The second-order valence-electron chi connectivity index (χ2n) is 5.95. The van der Waals surface area contributed by atoms with Gasteiger partial charge in [0.25, 0.3) is 0 Å². The van der Waals surface area contributed by atoms with Crippen LogP contribution >= 0.6 is 11.3 Å². The lowest BCUT2D eigenvalue weighted by Crippen LogP contribution is -1.94.